The van der Waals surface area contributed by atoms with E-state index < -0.39 is 23.8 Å². The van der Waals surface area contributed by atoms with Crippen molar-refractivity contribution in [2.45, 2.75) is 6.10 Å². The molecule has 7 heteroatoms. The van der Waals surface area contributed by atoms with Gasteiger partial charge in [-0.2, -0.15) is 0 Å². The van der Waals surface area contributed by atoms with Crippen LogP contribution in [-0.2, 0) is 9.53 Å². The van der Waals surface area contributed by atoms with Gasteiger partial charge in [0.05, 0.1) is 12.1 Å². The molecule has 0 aliphatic carbocycles. The maximum absolute atomic E-state index is 12.9. The number of carboxylic acid groups (broad SMARTS) is 1. The summed E-state index contributed by atoms with van der Waals surface area (Å²) in [5, 5.41) is 11.1. The number of carboxylic acids is 1. The van der Waals surface area contributed by atoms with Gasteiger partial charge in [0, 0.05) is 10.7 Å². The van der Waals surface area contributed by atoms with Gasteiger partial charge in [-0.15, -0.1) is 0 Å². The lowest BCUT2D eigenvalue weighted by atomic mass is 10.2. The summed E-state index contributed by atoms with van der Waals surface area (Å²) in [7, 11) is 1.24. The Morgan fingerprint density at radius 2 is 2.22 bits per heavy atom. The van der Waals surface area contributed by atoms with E-state index in [-0.39, 0.29) is 12.1 Å². The molecule has 98 valence electrons. The van der Waals surface area contributed by atoms with Gasteiger partial charge in [-0.25, -0.2) is 9.18 Å². The number of rotatable bonds is 5. The monoisotopic (exact) mass is 367 g/mol. The van der Waals surface area contributed by atoms with Crippen LogP contribution >= 0.6 is 22.6 Å². The van der Waals surface area contributed by atoms with Gasteiger partial charge in [-0.05, 0) is 40.8 Å². The number of ether oxygens (including phenoxy) is 1. The Balaban J connectivity index is 2.68. The largest absolute Gasteiger partial charge is 0.479 e. The highest BCUT2D eigenvalue weighted by Crippen LogP contribution is 2.13. The number of nitrogens with one attached hydrogen (secondary N) is 1. The SMILES string of the molecule is COC(CNC(=O)c1ccc(F)cc1I)C(=O)O. The number of aliphatic carboxylic acids is 1. The quantitative estimate of drug-likeness (QED) is 0.769. The number of hydrogen-bond donors (Lipinski definition) is 2. The Morgan fingerprint density at radius 3 is 2.72 bits per heavy atom. The molecule has 0 fully saturated rings. The fourth-order valence-electron chi connectivity index (χ4n) is 1.23. The number of halogens is 2. The Morgan fingerprint density at radius 1 is 1.56 bits per heavy atom. The molecule has 0 saturated heterocycles. The third-order valence-electron chi connectivity index (χ3n) is 2.18. The molecule has 5 nitrogen and oxygen atoms in total. The highest BCUT2D eigenvalue weighted by atomic mass is 127. The van der Waals surface area contributed by atoms with Crippen LogP contribution in [0.1, 0.15) is 10.4 Å². The van der Waals surface area contributed by atoms with Crippen molar-refractivity contribution < 1.29 is 23.8 Å². The highest BCUT2D eigenvalue weighted by Gasteiger charge is 2.18. The summed E-state index contributed by atoms with van der Waals surface area (Å²) in [6.45, 7) is -0.155. The van der Waals surface area contributed by atoms with Crippen LogP contribution in [-0.4, -0.2) is 36.7 Å². The van der Waals surface area contributed by atoms with Gasteiger partial charge < -0.3 is 15.2 Å². The fourth-order valence-corrected chi connectivity index (χ4v) is 1.95. The molecule has 1 aromatic rings. The van der Waals surface area contributed by atoms with Crippen molar-refractivity contribution in [2.75, 3.05) is 13.7 Å². The van der Waals surface area contributed by atoms with Gasteiger partial charge in [0.2, 0.25) is 0 Å². The molecule has 1 rings (SSSR count). The minimum atomic E-state index is -1.16. The zero-order valence-corrected chi connectivity index (χ0v) is 11.6. The van der Waals surface area contributed by atoms with E-state index in [1.54, 1.807) is 0 Å². The van der Waals surface area contributed by atoms with Crippen molar-refractivity contribution in [3.05, 3.63) is 33.1 Å². The summed E-state index contributed by atoms with van der Waals surface area (Å²) in [5.74, 6) is -2.06. The average molecular weight is 367 g/mol. The van der Waals surface area contributed by atoms with Gasteiger partial charge in [0.1, 0.15) is 5.82 Å². The van der Waals surface area contributed by atoms with E-state index in [1.807, 2.05) is 22.6 Å². The van der Waals surface area contributed by atoms with Crippen LogP contribution in [0.4, 0.5) is 4.39 Å². The zero-order valence-electron chi connectivity index (χ0n) is 9.44. The predicted molar refractivity (Wildman–Crippen MR) is 69.9 cm³/mol. The lowest BCUT2D eigenvalue weighted by Gasteiger charge is -2.12. The highest BCUT2D eigenvalue weighted by molar-refractivity contribution is 14.1. The van der Waals surface area contributed by atoms with Gasteiger partial charge >= 0.3 is 5.97 Å². The maximum atomic E-state index is 12.9. The molecule has 0 spiro atoms. The second-order valence-corrected chi connectivity index (χ2v) is 4.56. The number of amides is 1. The molecule has 0 radical (unpaired) electrons. The van der Waals surface area contributed by atoms with E-state index in [2.05, 4.69) is 10.1 Å². The number of carbonyl (C=O) groups excluding carboxylic acids is 1. The van der Waals surface area contributed by atoms with Gasteiger partial charge in [-0.3, -0.25) is 4.79 Å². The van der Waals surface area contributed by atoms with Crippen molar-refractivity contribution in [1.82, 2.24) is 5.32 Å². The first kappa shape index (κ1) is 14.8. The summed E-state index contributed by atoms with van der Waals surface area (Å²) >= 11 is 1.83. The van der Waals surface area contributed by atoms with Crippen LogP contribution in [0.25, 0.3) is 0 Å². The van der Waals surface area contributed by atoms with Crippen molar-refractivity contribution in [3.63, 3.8) is 0 Å². The second-order valence-electron chi connectivity index (χ2n) is 3.40. The van der Waals surface area contributed by atoms with Crippen molar-refractivity contribution in [1.29, 1.82) is 0 Å². The summed E-state index contributed by atoms with van der Waals surface area (Å²) in [6, 6.07) is 3.73. The van der Waals surface area contributed by atoms with Crippen molar-refractivity contribution in [2.24, 2.45) is 0 Å². The van der Waals surface area contributed by atoms with E-state index in [0.29, 0.717) is 3.57 Å². The number of benzene rings is 1. The Kier molecular flexibility index (Phi) is 5.48. The predicted octanol–water partition coefficient (Wildman–Crippen LogP) is 1.26. The van der Waals surface area contributed by atoms with E-state index >= 15 is 0 Å². The third-order valence-corrected chi connectivity index (χ3v) is 3.08. The summed E-state index contributed by atoms with van der Waals surface area (Å²) in [4.78, 5) is 22.4. The molecule has 1 amide bonds. The van der Waals surface area contributed by atoms with Crippen LogP contribution < -0.4 is 5.32 Å². The molecule has 2 N–H and O–H groups in total. The van der Waals surface area contributed by atoms with Crippen LogP contribution in [0.15, 0.2) is 18.2 Å². The summed E-state index contributed by atoms with van der Waals surface area (Å²) < 4.78 is 18.0. The molecular weight excluding hydrogens is 356 g/mol. The first-order valence-electron chi connectivity index (χ1n) is 4.94. The third kappa shape index (κ3) is 3.91. The minimum absolute atomic E-state index is 0.155. The van der Waals surface area contributed by atoms with Crippen molar-refractivity contribution in [3.8, 4) is 0 Å². The first-order valence-corrected chi connectivity index (χ1v) is 6.02. The lowest BCUT2D eigenvalue weighted by Crippen LogP contribution is -2.38. The summed E-state index contributed by atoms with van der Waals surface area (Å²) in [6.07, 6.45) is -1.10. The van der Waals surface area contributed by atoms with Crippen molar-refractivity contribution >= 4 is 34.5 Å². The molecule has 0 heterocycles. The van der Waals surface area contributed by atoms with Crippen LogP contribution in [0, 0.1) is 9.39 Å². The molecule has 1 unspecified atom stereocenters. The Hall–Kier alpha value is -1.22. The molecular formula is C11H11FINO4. The number of hydrogen-bond acceptors (Lipinski definition) is 3. The second kappa shape index (κ2) is 6.64. The molecule has 0 bridgehead atoms. The fraction of sp³-hybridized carbons (Fsp3) is 0.273. The van der Waals surface area contributed by atoms with E-state index in [4.69, 9.17) is 5.11 Å². The van der Waals surface area contributed by atoms with Gasteiger partial charge in [0.15, 0.2) is 6.10 Å². The Bertz CT molecular complexity index is 466. The number of methoxy groups -OCH3 is 1. The minimum Gasteiger partial charge on any atom is -0.479 e. The van der Waals surface area contributed by atoms with Crippen LogP contribution in [0.5, 0.6) is 0 Å². The van der Waals surface area contributed by atoms with Crippen LogP contribution in [0.3, 0.4) is 0 Å². The topological polar surface area (TPSA) is 75.6 Å². The van der Waals surface area contributed by atoms with E-state index in [0.717, 1.165) is 0 Å². The molecule has 0 aliphatic heterocycles. The zero-order chi connectivity index (χ0) is 13.7. The molecule has 0 aliphatic rings. The van der Waals surface area contributed by atoms with Gasteiger partial charge in [0.25, 0.3) is 5.91 Å². The average Bonchev–Trinajstić information content (AvgIpc) is 2.28. The van der Waals surface area contributed by atoms with E-state index in [9.17, 15) is 14.0 Å². The molecule has 0 aromatic heterocycles. The summed E-state index contributed by atoms with van der Waals surface area (Å²) in [5.41, 5.74) is 0.289. The van der Waals surface area contributed by atoms with Gasteiger partial charge in [-0.1, -0.05) is 0 Å². The smallest absolute Gasteiger partial charge is 0.334 e. The lowest BCUT2D eigenvalue weighted by molar-refractivity contribution is -0.148. The molecule has 0 saturated carbocycles. The standard InChI is InChI=1S/C11H11FINO4/c1-18-9(11(16)17)5-14-10(15)7-3-2-6(12)4-8(7)13/h2-4,9H,5H2,1H3,(H,14,15)(H,16,17). The first-order chi connectivity index (χ1) is 8.45. The van der Waals surface area contributed by atoms with E-state index in [1.165, 1.54) is 25.3 Å². The maximum Gasteiger partial charge on any atom is 0.334 e. The Labute approximate surface area is 116 Å². The number of carbonyl (C=O) groups is 2. The molecule has 1 aromatic carbocycles. The molecule has 18 heavy (non-hydrogen) atoms. The molecule has 1 atom stereocenters. The normalized spacial score (nSPS) is 11.9. The van der Waals surface area contributed by atoms with Crippen LogP contribution in [0.2, 0.25) is 0 Å².